The summed E-state index contributed by atoms with van der Waals surface area (Å²) in [6.07, 6.45) is -7.60. The summed E-state index contributed by atoms with van der Waals surface area (Å²) >= 11 is 11.9. The van der Waals surface area contributed by atoms with Crippen LogP contribution < -0.4 is 16.4 Å². The first kappa shape index (κ1) is 28.9. The second-order valence-corrected chi connectivity index (χ2v) is 9.39. The number of amides is 2. The molecule has 5 N–H and O–H groups in total. The lowest BCUT2D eigenvalue weighted by Crippen LogP contribution is -2.59. The molecule has 11 heteroatoms. The summed E-state index contributed by atoms with van der Waals surface area (Å²) in [6.45, 7) is 2.88. The van der Waals surface area contributed by atoms with Gasteiger partial charge in [0.1, 0.15) is 6.04 Å². The van der Waals surface area contributed by atoms with Crippen molar-refractivity contribution in [1.82, 2.24) is 10.6 Å². The molecule has 0 spiro atoms. The van der Waals surface area contributed by atoms with Crippen molar-refractivity contribution in [2.45, 2.75) is 57.1 Å². The van der Waals surface area contributed by atoms with E-state index in [0.29, 0.717) is 21.2 Å². The predicted octanol–water partition coefficient (Wildman–Crippen LogP) is 3.65. The summed E-state index contributed by atoms with van der Waals surface area (Å²) in [5, 5.41) is 15.2. The monoisotopic (exact) mass is 533 g/mol. The molecule has 2 aromatic carbocycles. The number of nitrogens with two attached hydrogens (primary N) is 1. The van der Waals surface area contributed by atoms with Crippen LogP contribution in [0.25, 0.3) is 0 Å². The van der Waals surface area contributed by atoms with Crippen LogP contribution in [0.3, 0.4) is 0 Å². The average molecular weight is 534 g/mol. The molecule has 0 unspecified atom stereocenters. The fraction of sp³-hybridized carbons (Fsp3) is 0.417. The fourth-order valence-corrected chi connectivity index (χ4v) is 3.75. The number of aliphatic hydroxyl groups excluding tert-OH is 1. The molecule has 4 atom stereocenters. The van der Waals surface area contributed by atoms with E-state index < -0.39 is 48.1 Å². The fourth-order valence-electron chi connectivity index (χ4n) is 3.43. The van der Waals surface area contributed by atoms with Gasteiger partial charge in [0, 0.05) is 6.42 Å². The van der Waals surface area contributed by atoms with E-state index in [-0.39, 0.29) is 12.8 Å². The third-order valence-corrected chi connectivity index (χ3v) is 6.13. The largest absolute Gasteiger partial charge is 0.416 e. The SMILES string of the molecule is CC(C)[C@H](NC(=O)[C@H](Cc1ccccc1)NC(=O)[C@@H](N)Cc1ccc(Cl)c(Cl)c1)[C@H](O)C(F)(F)F. The number of hydrogen-bond acceptors (Lipinski definition) is 4. The van der Waals surface area contributed by atoms with Crippen molar-refractivity contribution in [1.29, 1.82) is 0 Å². The van der Waals surface area contributed by atoms with Crippen molar-refractivity contribution < 1.29 is 27.9 Å². The summed E-state index contributed by atoms with van der Waals surface area (Å²) in [7, 11) is 0. The van der Waals surface area contributed by atoms with E-state index in [0.717, 1.165) is 0 Å². The van der Waals surface area contributed by atoms with Crippen LogP contribution in [0.5, 0.6) is 0 Å². The lowest BCUT2D eigenvalue weighted by molar-refractivity contribution is -0.215. The molecule has 0 radical (unpaired) electrons. The van der Waals surface area contributed by atoms with Gasteiger partial charge in [0.2, 0.25) is 11.8 Å². The zero-order valence-corrected chi connectivity index (χ0v) is 20.7. The molecule has 192 valence electrons. The van der Waals surface area contributed by atoms with Crippen molar-refractivity contribution in [2.24, 2.45) is 11.7 Å². The summed E-state index contributed by atoms with van der Waals surface area (Å²) in [6, 6.07) is 9.52. The standard InChI is InChI=1S/C24H28Cl2F3N3O3/c1-13(2)20(21(33)24(27,28)29)32-23(35)19(12-14-6-4-3-5-7-14)31-22(34)18(30)11-15-8-9-16(25)17(26)10-15/h3-10,13,18-21,33H,11-12,30H2,1-2H3,(H,31,34)(H,32,35)/t18-,19-,20-,21-/m0/s1. The molecular formula is C24H28Cl2F3N3O3. The second-order valence-electron chi connectivity index (χ2n) is 8.57. The molecule has 0 heterocycles. The zero-order chi connectivity index (χ0) is 26.3. The number of carbonyl (C=O) groups is 2. The maximum Gasteiger partial charge on any atom is 0.416 e. The predicted molar refractivity (Wildman–Crippen MR) is 129 cm³/mol. The van der Waals surface area contributed by atoms with Crippen molar-refractivity contribution in [3.05, 3.63) is 69.7 Å². The van der Waals surface area contributed by atoms with Gasteiger partial charge >= 0.3 is 6.18 Å². The number of carbonyl (C=O) groups excluding carboxylic acids is 2. The van der Waals surface area contributed by atoms with Gasteiger partial charge < -0.3 is 21.5 Å². The van der Waals surface area contributed by atoms with Crippen molar-refractivity contribution in [3.63, 3.8) is 0 Å². The van der Waals surface area contributed by atoms with Crippen LogP contribution in [-0.4, -0.2) is 47.3 Å². The topological polar surface area (TPSA) is 104 Å². The molecule has 0 bridgehead atoms. The molecule has 0 aliphatic carbocycles. The average Bonchev–Trinajstić information content (AvgIpc) is 2.78. The molecule has 0 saturated carbocycles. The highest BCUT2D eigenvalue weighted by atomic mass is 35.5. The van der Waals surface area contributed by atoms with E-state index in [2.05, 4.69) is 10.6 Å². The lowest BCUT2D eigenvalue weighted by Gasteiger charge is -2.31. The summed E-state index contributed by atoms with van der Waals surface area (Å²) in [5.41, 5.74) is 7.33. The maximum atomic E-state index is 13.1. The molecule has 0 aliphatic rings. The first-order valence-corrected chi connectivity index (χ1v) is 11.6. The van der Waals surface area contributed by atoms with Crippen molar-refractivity contribution in [2.75, 3.05) is 0 Å². The van der Waals surface area contributed by atoms with Crippen LogP contribution >= 0.6 is 23.2 Å². The van der Waals surface area contributed by atoms with Crippen LogP contribution in [0.4, 0.5) is 13.2 Å². The van der Waals surface area contributed by atoms with Gasteiger partial charge in [-0.1, -0.05) is 73.4 Å². The maximum absolute atomic E-state index is 13.1. The Hall–Kier alpha value is -2.33. The Morgan fingerprint density at radius 3 is 2.11 bits per heavy atom. The highest BCUT2D eigenvalue weighted by molar-refractivity contribution is 6.42. The van der Waals surface area contributed by atoms with E-state index in [1.165, 1.54) is 13.8 Å². The number of nitrogens with one attached hydrogen (secondary N) is 2. The van der Waals surface area contributed by atoms with Gasteiger partial charge in [0.15, 0.2) is 6.10 Å². The summed E-state index contributed by atoms with van der Waals surface area (Å²) < 4.78 is 39.4. The third-order valence-electron chi connectivity index (χ3n) is 5.39. The van der Waals surface area contributed by atoms with Gasteiger partial charge in [0.05, 0.1) is 22.1 Å². The normalized spacial score (nSPS) is 15.3. The van der Waals surface area contributed by atoms with Gasteiger partial charge in [0.25, 0.3) is 0 Å². The summed E-state index contributed by atoms with van der Waals surface area (Å²) in [5.74, 6) is -2.28. The number of rotatable bonds is 10. The molecule has 0 aliphatic heterocycles. The molecule has 6 nitrogen and oxygen atoms in total. The molecule has 0 saturated heterocycles. The minimum absolute atomic E-state index is 0.00480. The van der Waals surface area contributed by atoms with Gasteiger partial charge in [-0.2, -0.15) is 13.2 Å². The van der Waals surface area contributed by atoms with Crippen molar-refractivity contribution >= 4 is 35.0 Å². The van der Waals surface area contributed by atoms with E-state index in [1.54, 1.807) is 48.5 Å². The Labute approximate surface area is 212 Å². The molecule has 2 aromatic rings. The van der Waals surface area contributed by atoms with Gasteiger partial charge in [-0.05, 0) is 35.6 Å². The van der Waals surface area contributed by atoms with Gasteiger partial charge in [-0.3, -0.25) is 9.59 Å². The minimum Gasteiger partial charge on any atom is -0.382 e. The summed E-state index contributed by atoms with van der Waals surface area (Å²) in [4.78, 5) is 25.8. The highest BCUT2D eigenvalue weighted by Crippen LogP contribution is 2.26. The lowest BCUT2D eigenvalue weighted by atomic mass is 9.96. The first-order valence-electron chi connectivity index (χ1n) is 10.9. The number of halogens is 5. The first-order chi connectivity index (χ1) is 16.3. The van der Waals surface area contributed by atoms with E-state index in [9.17, 15) is 27.9 Å². The molecular weight excluding hydrogens is 506 g/mol. The quantitative estimate of drug-likeness (QED) is 0.374. The molecule has 0 fully saturated rings. The van der Waals surface area contributed by atoms with Crippen LogP contribution in [0, 0.1) is 5.92 Å². The number of benzene rings is 2. The number of alkyl halides is 3. The Morgan fingerprint density at radius 1 is 0.943 bits per heavy atom. The second kappa shape index (κ2) is 12.6. The highest BCUT2D eigenvalue weighted by Gasteiger charge is 2.45. The number of aliphatic hydroxyl groups is 1. The van der Waals surface area contributed by atoms with Crippen LogP contribution in [0.15, 0.2) is 48.5 Å². The molecule has 2 rings (SSSR count). The Morgan fingerprint density at radius 2 is 1.57 bits per heavy atom. The zero-order valence-electron chi connectivity index (χ0n) is 19.2. The Bertz CT molecular complexity index is 1010. The smallest absolute Gasteiger partial charge is 0.382 e. The van der Waals surface area contributed by atoms with Gasteiger partial charge in [-0.25, -0.2) is 0 Å². The van der Waals surface area contributed by atoms with Gasteiger partial charge in [-0.15, -0.1) is 0 Å². The van der Waals surface area contributed by atoms with Crippen LogP contribution in [0.2, 0.25) is 10.0 Å². The van der Waals surface area contributed by atoms with Crippen molar-refractivity contribution in [3.8, 4) is 0 Å². The Kier molecular flexibility index (Phi) is 10.4. The van der Waals surface area contributed by atoms with E-state index in [1.807, 2.05) is 0 Å². The third kappa shape index (κ3) is 8.68. The molecule has 0 aromatic heterocycles. The number of hydrogen-bond donors (Lipinski definition) is 4. The minimum atomic E-state index is -4.93. The molecule has 35 heavy (non-hydrogen) atoms. The van der Waals surface area contributed by atoms with E-state index >= 15 is 0 Å². The van der Waals surface area contributed by atoms with Crippen LogP contribution in [-0.2, 0) is 22.4 Å². The van der Waals surface area contributed by atoms with Crippen LogP contribution in [0.1, 0.15) is 25.0 Å². The van der Waals surface area contributed by atoms with E-state index in [4.69, 9.17) is 28.9 Å². The molecule has 2 amide bonds. The Balaban J connectivity index is 2.20.